The Balaban J connectivity index is 1.66. The van der Waals surface area contributed by atoms with Gasteiger partial charge in [0.25, 0.3) is 0 Å². The molecule has 0 aromatic heterocycles. The highest BCUT2D eigenvalue weighted by Gasteiger charge is 2.65. The summed E-state index contributed by atoms with van der Waals surface area (Å²) in [5.74, 6) is -4.61. The molecule has 0 amide bonds. The topological polar surface area (TPSA) is 203 Å². The van der Waals surface area contributed by atoms with E-state index in [-0.39, 0.29) is 79.5 Å². The van der Waals surface area contributed by atoms with Crippen LogP contribution in [-0.2, 0) is 50.0 Å². The van der Waals surface area contributed by atoms with Gasteiger partial charge in [0.2, 0.25) is 11.4 Å². The van der Waals surface area contributed by atoms with Gasteiger partial charge in [0.05, 0.1) is 50.8 Å². The summed E-state index contributed by atoms with van der Waals surface area (Å²) in [6, 6.07) is 3.77. The van der Waals surface area contributed by atoms with Crippen molar-refractivity contribution in [1.82, 2.24) is 10.9 Å². The summed E-state index contributed by atoms with van der Waals surface area (Å²) in [5, 5.41) is 35.8. The minimum absolute atomic E-state index is 0.00578. The molecule has 380 valence electrons. The SMILES string of the molecule is C#CCOCCOCCc1cc(C2(C(F)(F)F)NN2)ccc1C(=O)O[C@@H]1C[C@](O)([C@@H](C)[C@H](O)[C@H](C)[C@H]2OC(=O)/C(OC)=C/C(C)=C/[C@@H](C)[C@@H](O)[C@@H](C)C/C(C)=C/C=C/[C@@H]2OC)O[C@H](C(C)C)[C@H]1C. The van der Waals surface area contributed by atoms with Crippen molar-refractivity contribution in [2.24, 2.45) is 35.5 Å². The number of halogens is 3. The van der Waals surface area contributed by atoms with Crippen LogP contribution >= 0.6 is 0 Å². The third kappa shape index (κ3) is 14.0. The molecular weight excluding hydrogens is 890 g/mol. The van der Waals surface area contributed by atoms with Gasteiger partial charge in [-0.05, 0) is 61.8 Å². The highest BCUT2D eigenvalue weighted by atomic mass is 19.4. The van der Waals surface area contributed by atoms with Crippen molar-refractivity contribution in [3.05, 3.63) is 82.2 Å². The van der Waals surface area contributed by atoms with Crippen LogP contribution in [0.3, 0.4) is 0 Å². The Bertz CT molecular complexity index is 2030. The third-order valence-electron chi connectivity index (χ3n) is 13.4. The summed E-state index contributed by atoms with van der Waals surface area (Å²) in [5.41, 5.74) is 3.63. The molecule has 3 aliphatic rings. The van der Waals surface area contributed by atoms with Crippen molar-refractivity contribution >= 4 is 11.9 Å². The highest BCUT2D eigenvalue weighted by molar-refractivity contribution is 5.91. The number of hydrogen-bond donors (Lipinski definition) is 5. The zero-order valence-corrected chi connectivity index (χ0v) is 41.2. The smallest absolute Gasteiger partial charge is 0.426 e. The Morgan fingerprint density at radius 2 is 1.72 bits per heavy atom. The molecule has 0 spiro atoms. The number of benzene rings is 1. The first kappa shape index (κ1) is 56.5. The van der Waals surface area contributed by atoms with E-state index in [1.807, 2.05) is 53.7 Å². The first-order valence-electron chi connectivity index (χ1n) is 23.3. The third-order valence-corrected chi connectivity index (χ3v) is 13.4. The lowest BCUT2D eigenvalue weighted by Gasteiger charge is -2.50. The van der Waals surface area contributed by atoms with E-state index in [2.05, 4.69) is 16.8 Å². The first-order chi connectivity index (χ1) is 31.9. The number of aliphatic hydroxyl groups is 3. The molecule has 4 rings (SSSR count). The molecule has 3 aliphatic heterocycles. The molecule has 3 heterocycles. The summed E-state index contributed by atoms with van der Waals surface area (Å²) in [6.45, 7) is 16.9. The lowest BCUT2D eigenvalue weighted by molar-refractivity contribution is -0.328. The molecule has 1 aromatic rings. The van der Waals surface area contributed by atoms with Crippen molar-refractivity contribution in [3.63, 3.8) is 0 Å². The largest absolute Gasteiger partial charge is 0.490 e. The molecule has 14 nitrogen and oxygen atoms in total. The van der Waals surface area contributed by atoms with E-state index in [1.54, 1.807) is 32.9 Å². The van der Waals surface area contributed by atoms with Crippen molar-refractivity contribution in [2.45, 2.75) is 136 Å². The van der Waals surface area contributed by atoms with Gasteiger partial charge >= 0.3 is 18.1 Å². The summed E-state index contributed by atoms with van der Waals surface area (Å²) < 4.78 is 83.4. The predicted octanol–water partition coefficient (Wildman–Crippen LogP) is 6.59. The number of terminal acetylenes is 1. The molecule has 17 heteroatoms. The van der Waals surface area contributed by atoms with E-state index in [4.69, 9.17) is 39.6 Å². The number of methoxy groups -OCH3 is 2. The highest BCUT2D eigenvalue weighted by Crippen LogP contribution is 2.45. The van der Waals surface area contributed by atoms with E-state index < -0.39 is 83.9 Å². The van der Waals surface area contributed by atoms with Crippen LogP contribution < -0.4 is 10.9 Å². The molecule has 0 aliphatic carbocycles. The zero-order valence-electron chi connectivity index (χ0n) is 41.2. The molecule has 0 radical (unpaired) electrons. The van der Waals surface area contributed by atoms with E-state index in [9.17, 15) is 38.1 Å². The fraction of sp³-hybridized carbons (Fsp3) is 0.647. The van der Waals surface area contributed by atoms with Crippen molar-refractivity contribution < 1.29 is 71.2 Å². The second-order valence-electron chi connectivity index (χ2n) is 18.9. The van der Waals surface area contributed by atoms with E-state index in [0.29, 0.717) is 12.0 Å². The number of nitrogens with one attached hydrogen (secondary N) is 2. The van der Waals surface area contributed by atoms with Crippen LogP contribution in [-0.4, -0.2) is 116 Å². The lowest BCUT2D eigenvalue weighted by atomic mass is 9.76. The Kier molecular flexibility index (Phi) is 20.5. The summed E-state index contributed by atoms with van der Waals surface area (Å²) in [4.78, 5) is 28.1. The van der Waals surface area contributed by atoms with Gasteiger partial charge < -0.3 is 48.5 Å². The number of aliphatic hydroxyl groups excluding tert-OH is 2. The normalized spacial score (nSPS) is 32.4. The van der Waals surface area contributed by atoms with Crippen molar-refractivity contribution in [3.8, 4) is 12.3 Å². The number of rotatable bonds is 17. The monoisotopic (exact) mass is 963 g/mol. The van der Waals surface area contributed by atoms with Crippen molar-refractivity contribution in [1.29, 1.82) is 0 Å². The number of carbonyl (C=O) groups excluding carboxylic acids is 2. The molecule has 5 N–H and O–H groups in total. The van der Waals surface area contributed by atoms with Crippen LogP contribution in [0.25, 0.3) is 0 Å². The maximum absolute atomic E-state index is 14.2. The summed E-state index contributed by atoms with van der Waals surface area (Å²) >= 11 is 0. The number of ether oxygens (including phenoxy) is 7. The fourth-order valence-corrected chi connectivity index (χ4v) is 9.15. The maximum Gasteiger partial charge on any atom is 0.426 e. The van der Waals surface area contributed by atoms with Gasteiger partial charge in [-0.2, -0.15) is 13.2 Å². The number of alkyl halides is 3. The molecule has 0 unspecified atom stereocenters. The Labute approximate surface area is 399 Å². The van der Waals surface area contributed by atoms with Crippen LogP contribution in [0.4, 0.5) is 13.2 Å². The van der Waals surface area contributed by atoms with Crippen LogP contribution in [0.1, 0.15) is 96.6 Å². The van der Waals surface area contributed by atoms with Crippen LogP contribution in [0.5, 0.6) is 0 Å². The standard InChI is InChI=1S/C51H73F3N2O12/c1-13-20-64-22-23-65-21-19-37-27-38(50(55-56-50)51(52,53)54)17-18-39(37)47(59)66-42-28-49(61,68-45(29(2)3)34(42)8)36(10)44(58)35(9)46-40(62-11)16-14-15-30(4)24-32(6)43(57)33(7)25-31(5)26-41(63-12)48(60)67-46/h1,14-18,25-27,29,32-36,40,42-46,55-58,61H,19-24,28H2,2-12H3/b16-14+,30-15+,31-25+,41-26-/t32-,33+,34-,35-,36-,40-,42+,43-,44+,45+,46+,49+/m0/s1. The number of hydrogen-bond acceptors (Lipinski definition) is 14. The molecular formula is C51H73F3N2O12. The van der Waals surface area contributed by atoms with Crippen LogP contribution in [0, 0.1) is 47.9 Å². The van der Waals surface area contributed by atoms with Gasteiger partial charge in [-0.25, -0.2) is 20.4 Å². The maximum atomic E-state index is 14.2. The predicted molar refractivity (Wildman–Crippen MR) is 248 cm³/mol. The van der Waals surface area contributed by atoms with Gasteiger partial charge in [-0.1, -0.05) is 102 Å². The number of hydrazine groups is 1. The number of allylic oxidation sites excluding steroid dienone is 5. The van der Waals surface area contributed by atoms with E-state index in [0.717, 1.165) is 5.57 Å². The quantitative estimate of drug-likeness (QED) is 0.0484. The Morgan fingerprint density at radius 1 is 1.04 bits per heavy atom. The molecule has 0 saturated carbocycles. The van der Waals surface area contributed by atoms with Gasteiger partial charge in [0.15, 0.2) is 5.79 Å². The van der Waals surface area contributed by atoms with Gasteiger partial charge in [0, 0.05) is 37.2 Å². The minimum atomic E-state index is -4.70. The number of carbonyl (C=O) groups is 2. The summed E-state index contributed by atoms with van der Waals surface area (Å²) in [6.07, 6.45) is 3.79. The number of cyclic esters (lactones) is 1. The number of esters is 2. The van der Waals surface area contributed by atoms with Crippen molar-refractivity contribution in [2.75, 3.05) is 40.6 Å². The fourth-order valence-electron chi connectivity index (χ4n) is 9.15. The summed E-state index contributed by atoms with van der Waals surface area (Å²) in [7, 11) is 2.77. The second-order valence-corrected chi connectivity index (χ2v) is 18.9. The van der Waals surface area contributed by atoms with Gasteiger partial charge in [-0.3, -0.25) is 0 Å². The van der Waals surface area contributed by atoms with E-state index in [1.165, 1.54) is 38.5 Å². The minimum Gasteiger partial charge on any atom is -0.490 e. The van der Waals surface area contributed by atoms with Gasteiger partial charge in [-0.15, -0.1) is 6.42 Å². The molecule has 12 atom stereocenters. The molecule has 0 bridgehead atoms. The van der Waals surface area contributed by atoms with Crippen LogP contribution in [0.15, 0.2) is 65.5 Å². The van der Waals surface area contributed by atoms with E-state index >= 15 is 0 Å². The Hall–Kier alpha value is -4.09. The van der Waals surface area contributed by atoms with Gasteiger partial charge in [0.1, 0.15) is 24.9 Å². The average Bonchev–Trinajstić information content (AvgIpc) is 4.11. The molecule has 2 fully saturated rings. The molecule has 2 saturated heterocycles. The Morgan fingerprint density at radius 3 is 2.32 bits per heavy atom. The molecule has 68 heavy (non-hydrogen) atoms. The zero-order chi connectivity index (χ0) is 50.7. The second kappa shape index (κ2) is 24.6. The lowest BCUT2D eigenvalue weighted by Crippen LogP contribution is -2.59. The average molecular weight is 963 g/mol. The van der Waals surface area contributed by atoms with Crippen LogP contribution in [0.2, 0.25) is 0 Å². The first-order valence-corrected chi connectivity index (χ1v) is 23.3. The molecule has 1 aromatic carbocycles.